The number of rotatable bonds is 4. The molecule has 1 saturated heterocycles. The van der Waals surface area contributed by atoms with E-state index in [1.54, 1.807) is 0 Å². The smallest absolute Gasteiger partial charge is 0.134 e. The first kappa shape index (κ1) is 14.4. The number of nitrogens with one attached hydrogen (secondary N) is 1. The fraction of sp³-hybridized carbons (Fsp3) is 0.714. The summed E-state index contributed by atoms with van der Waals surface area (Å²) in [5.41, 5.74) is 0. The van der Waals surface area contributed by atoms with E-state index in [1.807, 2.05) is 18.7 Å². The first-order chi connectivity index (χ1) is 9.00. The number of hydrogen-bond acceptors (Lipinski definition) is 5. The van der Waals surface area contributed by atoms with Crippen molar-refractivity contribution in [3.05, 3.63) is 11.9 Å². The Bertz CT molecular complexity index is 433. The normalized spacial score (nSPS) is 18.4. The summed E-state index contributed by atoms with van der Waals surface area (Å²) in [6.45, 7) is 11.8. The summed E-state index contributed by atoms with van der Waals surface area (Å²) in [4.78, 5) is 11.4. The molecular formula is C14H24N4S. The Morgan fingerprint density at radius 1 is 1.42 bits per heavy atom. The van der Waals surface area contributed by atoms with Crippen molar-refractivity contribution in [3.8, 4) is 0 Å². The zero-order valence-corrected chi connectivity index (χ0v) is 13.2. The highest BCUT2D eigenvalue weighted by atomic mass is 32.2. The quantitative estimate of drug-likeness (QED) is 0.918. The van der Waals surface area contributed by atoms with Gasteiger partial charge < -0.3 is 10.2 Å². The molecule has 2 heterocycles. The first-order valence-electron chi connectivity index (χ1n) is 6.98. The van der Waals surface area contributed by atoms with Crippen molar-refractivity contribution >= 4 is 23.4 Å². The van der Waals surface area contributed by atoms with Crippen LogP contribution in [0.1, 0.15) is 33.0 Å². The van der Waals surface area contributed by atoms with Crippen LogP contribution >= 0.6 is 11.8 Å². The highest BCUT2D eigenvalue weighted by Crippen LogP contribution is 2.32. The predicted molar refractivity (Wildman–Crippen MR) is 84.3 cm³/mol. The lowest BCUT2D eigenvalue weighted by Crippen LogP contribution is -2.43. The van der Waals surface area contributed by atoms with Crippen LogP contribution in [-0.4, -0.2) is 40.1 Å². The molecule has 0 amide bonds. The van der Waals surface area contributed by atoms with E-state index in [9.17, 15) is 0 Å². The molecule has 1 aliphatic heterocycles. The summed E-state index contributed by atoms with van der Waals surface area (Å²) in [6, 6.07) is 2.08. The van der Waals surface area contributed by atoms with Crippen LogP contribution in [0.2, 0.25) is 0 Å². The van der Waals surface area contributed by atoms with Gasteiger partial charge in [-0.2, -0.15) is 11.8 Å². The van der Waals surface area contributed by atoms with Crippen LogP contribution in [0, 0.1) is 6.92 Å². The Balaban J connectivity index is 2.16. The molecule has 0 aromatic carbocycles. The molecule has 1 N–H and O–H groups in total. The minimum Gasteiger partial charge on any atom is -0.370 e. The Hall–Kier alpha value is -0.970. The Kier molecular flexibility index (Phi) is 4.55. The van der Waals surface area contributed by atoms with Gasteiger partial charge in [-0.05, 0) is 27.2 Å². The third-order valence-corrected chi connectivity index (χ3v) is 4.43. The molecule has 2 rings (SSSR count). The van der Waals surface area contributed by atoms with Crippen molar-refractivity contribution in [3.63, 3.8) is 0 Å². The van der Waals surface area contributed by atoms with E-state index in [0.717, 1.165) is 49.3 Å². The molecule has 1 aromatic heterocycles. The third-order valence-electron chi connectivity index (χ3n) is 3.13. The first-order valence-corrected chi connectivity index (χ1v) is 7.97. The third kappa shape index (κ3) is 4.00. The molecular weight excluding hydrogens is 256 g/mol. The number of aryl methyl sites for hydroxylation is 1. The zero-order chi connectivity index (χ0) is 13.9. The molecule has 0 aliphatic carbocycles. The second kappa shape index (κ2) is 5.99. The lowest BCUT2D eigenvalue weighted by atomic mass is 10.2. The van der Waals surface area contributed by atoms with Gasteiger partial charge >= 0.3 is 0 Å². The van der Waals surface area contributed by atoms with Crippen molar-refractivity contribution in [1.29, 1.82) is 0 Å². The van der Waals surface area contributed by atoms with E-state index >= 15 is 0 Å². The Morgan fingerprint density at radius 2 is 2.21 bits per heavy atom. The molecule has 0 bridgehead atoms. The molecule has 1 fully saturated rings. The zero-order valence-electron chi connectivity index (χ0n) is 12.4. The van der Waals surface area contributed by atoms with Gasteiger partial charge in [0.1, 0.15) is 17.5 Å². The van der Waals surface area contributed by atoms with Gasteiger partial charge in [0, 0.05) is 36.2 Å². The van der Waals surface area contributed by atoms with Crippen molar-refractivity contribution in [2.45, 2.75) is 38.9 Å². The van der Waals surface area contributed by atoms with E-state index in [2.05, 4.69) is 47.0 Å². The van der Waals surface area contributed by atoms with Gasteiger partial charge in [-0.25, -0.2) is 9.97 Å². The SMILES string of the molecule is CCCNc1cc(N2CCSC(C)(C)C2)nc(C)n1. The number of aromatic nitrogens is 2. The molecule has 5 heteroatoms. The fourth-order valence-electron chi connectivity index (χ4n) is 2.27. The highest BCUT2D eigenvalue weighted by Gasteiger charge is 2.28. The molecule has 1 aromatic rings. The van der Waals surface area contributed by atoms with Crippen molar-refractivity contribution in [1.82, 2.24) is 9.97 Å². The van der Waals surface area contributed by atoms with Crippen molar-refractivity contribution < 1.29 is 0 Å². The van der Waals surface area contributed by atoms with E-state index in [4.69, 9.17) is 0 Å². The summed E-state index contributed by atoms with van der Waals surface area (Å²) in [5, 5.41) is 3.35. The standard InChI is InChI=1S/C14H24N4S/c1-5-6-15-12-9-13(17-11(2)16-12)18-7-8-19-14(3,4)10-18/h9H,5-8,10H2,1-4H3,(H,15,16,17). The molecule has 19 heavy (non-hydrogen) atoms. The minimum absolute atomic E-state index is 0.300. The number of thioether (sulfide) groups is 1. The number of anilines is 2. The van der Waals surface area contributed by atoms with Crippen LogP contribution in [0.25, 0.3) is 0 Å². The molecule has 0 unspecified atom stereocenters. The average Bonchev–Trinajstić information content (AvgIpc) is 2.34. The summed E-state index contributed by atoms with van der Waals surface area (Å²) in [7, 11) is 0. The van der Waals surface area contributed by atoms with Crippen molar-refractivity contribution in [2.75, 3.05) is 35.6 Å². The monoisotopic (exact) mass is 280 g/mol. The van der Waals surface area contributed by atoms with Crippen molar-refractivity contribution in [2.24, 2.45) is 0 Å². The van der Waals surface area contributed by atoms with Gasteiger partial charge in [-0.15, -0.1) is 0 Å². The van der Waals surface area contributed by atoms with Crippen LogP contribution in [0.5, 0.6) is 0 Å². The van der Waals surface area contributed by atoms with Crippen LogP contribution in [0.3, 0.4) is 0 Å². The molecule has 0 atom stereocenters. The topological polar surface area (TPSA) is 41.0 Å². The second-order valence-corrected chi connectivity index (χ2v) is 7.42. The van der Waals surface area contributed by atoms with E-state index in [1.165, 1.54) is 0 Å². The van der Waals surface area contributed by atoms with Crippen LogP contribution < -0.4 is 10.2 Å². The maximum absolute atomic E-state index is 4.60. The molecule has 0 saturated carbocycles. The Labute approximate surface area is 120 Å². The van der Waals surface area contributed by atoms with Crippen LogP contribution in [-0.2, 0) is 0 Å². The van der Waals surface area contributed by atoms with Gasteiger partial charge in [-0.1, -0.05) is 6.92 Å². The van der Waals surface area contributed by atoms with Crippen LogP contribution in [0.4, 0.5) is 11.6 Å². The maximum Gasteiger partial charge on any atom is 0.134 e. The lowest BCUT2D eigenvalue weighted by molar-refractivity contribution is 0.641. The predicted octanol–water partition coefficient (Wildman–Crippen LogP) is 2.94. The summed E-state index contributed by atoms with van der Waals surface area (Å²) in [5.74, 6) is 4.00. The van der Waals surface area contributed by atoms with Gasteiger partial charge in [-0.3, -0.25) is 0 Å². The average molecular weight is 280 g/mol. The van der Waals surface area contributed by atoms with Gasteiger partial charge in [0.15, 0.2) is 0 Å². The highest BCUT2D eigenvalue weighted by molar-refractivity contribution is 8.00. The number of hydrogen-bond donors (Lipinski definition) is 1. The number of nitrogens with zero attached hydrogens (tertiary/aromatic N) is 3. The van der Waals surface area contributed by atoms with Gasteiger partial charge in [0.2, 0.25) is 0 Å². The molecule has 0 spiro atoms. The summed E-state index contributed by atoms with van der Waals surface area (Å²) < 4.78 is 0.300. The second-order valence-electron chi connectivity index (χ2n) is 5.62. The summed E-state index contributed by atoms with van der Waals surface area (Å²) >= 11 is 2.04. The minimum atomic E-state index is 0.300. The van der Waals surface area contributed by atoms with E-state index < -0.39 is 0 Å². The van der Waals surface area contributed by atoms with E-state index in [0.29, 0.717) is 4.75 Å². The Morgan fingerprint density at radius 3 is 2.89 bits per heavy atom. The molecule has 106 valence electrons. The lowest BCUT2D eigenvalue weighted by Gasteiger charge is -2.38. The fourth-order valence-corrected chi connectivity index (χ4v) is 3.38. The molecule has 1 aliphatic rings. The summed E-state index contributed by atoms with van der Waals surface area (Å²) in [6.07, 6.45) is 1.10. The molecule has 4 nitrogen and oxygen atoms in total. The maximum atomic E-state index is 4.60. The largest absolute Gasteiger partial charge is 0.370 e. The van der Waals surface area contributed by atoms with Crippen LogP contribution in [0.15, 0.2) is 6.07 Å². The van der Waals surface area contributed by atoms with Gasteiger partial charge in [0.25, 0.3) is 0 Å². The molecule has 0 radical (unpaired) electrons. The van der Waals surface area contributed by atoms with Gasteiger partial charge in [0.05, 0.1) is 0 Å². The van der Waals surface area contributed by atoms with E-state index in [-0.39, 0.29) is 0 Å².